The lowest BCUT2D eigenvalue weighted by Gasteiger charge is -2.35. The minimum atomic E-state index is -1.13. The van der Waals surface area contributed by atoms with Crippen LogP contribution in [-0.2, 0) is 9.59 Å². The lowest BCUT2D eigenvalue weighted by molar-refractivity contribution is -0.156. The van der Waals surface area contributed by atoms with Gasteiger partial charge in [-0.25, -0.2) is 5.01 Å². The van der Waals surface area contributed by atoms with Gasteiger partial charge in [-0.2, -0.15) is 5.01 Å². The number of allylic oxidation sites excluding steroid dienone is 2. The number of Topliss-reactive ketones (excluding diaryl/α,β-unsaturated/α-hetero) is 1. The quantitative estimate of drug-likeness (QED) is 0.364. The van der Waals surface area contributed by atoms with Crippen molar-refractivity contribution in [2.24, 2.45) is 11.8 Å². The summed E-state index contributed by atoms with van der Waals surface area (Å²) in [7, 11) is 0. The van der Waals surface area contributed by atoms with E-state index in [9.17, 15) is 19.2 Å². The number of ketones is 1. The first-order chi connectivity index (χ1) is 15.3. The maximum Gasteiger partial charge on any atom is 0.275 e. The normalized spacial score (nSPS) is 20.8. The third-order valence-corrected chi connectivity index (χ3v) is 6.42. The molecule has 0 spiro atoms. The zero-order valence-corrected chi connectivity index (χ0v) is 18.7. The zero-order valence-electron chi connectivity index (χ0n) is 17.2. The van der Waals surface area contributed by atoms with Gasteiger partial charge >= 0.3 is 0 Å². The number of rotatable bonds is 5. The predicted molar refractivity (Wildman–Crippen MR) is 120 cm³/mol. The Hall–Kier alpha value is -2.96. The molecule has 4 rings (SSSR count). The van der Waals surface area contributed by atoms with Crippen molar-refractivity contribution in [3.8, 4) is 0 Å². The highest BCUT2D eigenvalue weighted by Gasteiger charge is 2.52. The van der Waals surface area contributed by atoms with E-state index in [0.29, 0.717) is 23.4 Å². The highest BCUT2D eigenvalue weighted by Crippen LogP contribution is 2.37. The molecule has 0 aromatic heterocycles. The van der Waals surface area contributed by atoms with Crippen molar-refractivity contribution in [3.63, 3.8) is 0 Å². The first kappa shape index (κ1) is 22.2. The number of benzene rings is 2. The molecule has 0 unspecified atom stereocenters. The Morgan fingerprint density at radius 1 is 0.969 bits per heavy atom. The van der Waals surface area contributed by atoms with Gasteiger partial charge in [0, 0.05) is 10.6 Å². The van der Waals surface area contributed by atoms with Gasteiger partial charge in [-0.1, -0.05) is 65.7 Å². The molecule has 2 aromatic rings. The highest BCUT2D eigenvalue weighted by atomic mass is 35.5. The van der Waals surface area contributed by atoms with Crippen LogP contribution in [0.2, 0.25) is 10.0 Å². The number of fused-ring (bicyclic) bond motifs is 1. The van der Waals surface area contributed by atoms with Gasteiger partial charge in [0.05, 0.1) is 22.4 Å². The van der Waals surface area contributed by atoms with Crippen molar-refractivity contribution < 1.29 is 19.2 Å². The van der Waals surface area contributed by atoms with Gasteiger partial charge in [0.2, 0.25) is 0 Å². The molecule has 2 aliphatic rings. The van der Waals surface area contributed by atoms with E-state index in [1.807, 2.05) is 12.2 Å². The van der Waals surface area contributed by atoms with Crippen molar-refractivity contribution in [2.75, 3.05) is 0 Å². The number of hydrogen-bond donors (Lipinski definition) is 0. The smallest absolute Gasteiger partial charge is 0.275 e. The second-order valence-electron chi connectivity index (χ2n) is 7.82. The van der Waals surface area contributed by atoms with Crippen molar-refractivity contribution in [1.82, 2.24) is 10.0 Å². The van der Waals surface area contributed by atoms with E-state index in [4.69, 9.17) is 23.2 Å². The number of amides is 3. The standard InChI is InChI=1S/C24H20Cl2N2O4/c1-14(21(29)15-7-3-2-4-8-15)27(24(32)19-12-11-16(25)13-20(19)26)28-22(30)17-9-5-6-10-18(17)23(28)31/h2-8,11-14,17-18H,9-10H2,1H3/t14-,17-,18-/m1/s1. The Balaban J connectivity index is 1.78. The Kier molecular flexibility index (Phi) is 6.17. The second kappa shape index (κ2) is 8.88. The van der Waals surface area contributed by atoms with Gasteiger partial charge in [-0.3, -0.25) is 19.2 Å². The highest BCUT2D eigenvalue weighted by molar-refractivity contribution is 6.36. The molecule has 2 aromatic carbocycles. The third-order valence-electron chi connectivity index (χ3n) is 5.87. The Morgan fingerprint density at radius 2 is 1.56 bits per heavy atom. The topological polar surface area (TPSA) is 74.8 Å². The second-order valence-corrected chi connectivity index (χ2v) is 8.67. The predicted octanol–water partition coefficient (Wildman–Crippen LogP) is 4.57. The zero-order chi connectivity index (χ0) is 23.0. The summed E-state index contributed by atoms with van der Waals surface area (Å²) in [6.45, 7) is 1.50. The summed E-state index contributed by atoms with van der Waals surface area (Å²) in [5.41, 5.74) is 0.399. The number of carbonyl (C=O) groups is 4. The number of hydrazine groups is 1. The van der Waals surface area contributed by atoms with Crippen LogP contribution in [0, 0.1) is 11.8 Å². The van der Waals surface area contributed by atoms with Gasteiger partial charge in [-0.05, 0) is 38.0 Å². The van der Waals surface area contributed by atoms with E-state index < -0.39 is 41.4 Å². The van der Waals surface area contributed by atoms with Crippen molar-refractivity contribution in [3.05, 3.63) is 81.9 Å². The molecule has 1 saturated heterocycles. The van der Waals surface area contributed by atoms with E-state index in [2.05, 4.69) is 0 Å². The maximum absolute atomic E-state index is 13.6. The Labute approximate surface area is 195 Å². The Morgan fingerprint density at radius 3 is 2.12 bits per heavy atom. The first-order valence-electron chi connectivity index (χ1n) is 10.2. The van der Waals surface area contributed by atoms with E-state index in [1.54, 1.807) is 30.3 Å². The van der Waals surface area contributed by atoms with Crippen LogP contribution in [0.4, 0.5) is 0 Å². The number of nitrogens with zero attached hydrogens (tertiary/aromatic N) is 2. The fraction of sp³-hybridized carbons (Fsp3) is 0.250. The molecule has 0 bridgehead atoms. The van der Waals surface area contributed by atoms with E-state index in [0.717, 1.165) is 10.0 Å². The van der Waals surface area contributed by atoms with Gasteiger partial charge in [0.1, 0.15) is 6.04 Å². The molecule has 3 amide bonds. The van der Waals surface area contributed by atoms with Crippen LogP contribution in [0.1, 0.15) is 40.5 Å². The van der Waals surface area contributed by atoms with Crippen LogP contribution in [0.3, 0.4) is 0 Å². The molecule has 3 atom stereocenters. The van der Waals surface area contributed by atoms with Gasteiger partial charge in [-0.15, -0.1) is 0 Å². The third kappa shape index (κ3) is 3.85. The van der Waals surface area contributed by atoms with E-state index in [1.165, 1.54) is 25.1 Å². The molecule has 0 radical (unpaired) electrons. The van der Waals surface area contributed by atoms with Crippen molar-refractivity contribution in [1.29, 1.82) is 0 Å². The van der Waals surface area contributed by atoms with Gasteiger partial charge in [0.15, 0.2) is 5.78 Å². The molecule has 164 valence electrons. The molecule has 1 aliphatic carbocycles. The molecular weight excluding hydrogens is 451 g/mol. The van der Waals surface area contributed by atoms with Crippen molar-refractivity contribution in [2.45, 2.75) is 25.8 Å². The fourth-order valence-corrected chi connectivity index (χ4v) is 4.67. The van der Waals surface area contributed by atoms with Crippen LogP contribution in [0.15, 0.2) is 60.7 Å². The van der Waals surface area contributed by atoms with Gasteiger partial charge < -0.3 is 0 Å². The molecule has 32 heavy (non-hydrogen) atoms. The van der Waals surface area contributed by atoms with Crippen molar-refractivity contribution >= 4 is 46.7 Å². The van der Waals surface area contributed by atoms with E-state index in [-0.39, 0.29) is 10.6 Å². The molecule has 0 N–H and O–H groups in total. The van der Waals surface area contributed by atoms with Crippen LogP contribution in [0.25, 0.3) is 0 Å². The fourth-order valence-electron chi connectivity index (χ4n) is 4.18. The monoisotopic (exact) mass is 470 g/mol. The minimum absolute atomic E-state index is 0.0392. The lowest BCUT2D eigenvalue weighted by Crippen LogP contribution is -2.56. The summed E-state index contributed by atoms with van der Waals surface area (Å²) >= 11 is 12.2. The summed E-state index contributed by atoms with van der Waals surface area (Å²) in [4.78, 5) is 53.3. The van der Waals surface area contributed by atoms with Crippen LogP contribution in [-0.4, -0.2) is 39.6 Å². The number of imide groups is 1. The number of carbonyl (C=O) groups excluding carboxylic acids is 4. The molecule has 1 heterocycles. The van der Waals surface area contributed by atoms with Crippen LogP contribution < -0.4 is 0 Å². The van der Waals surface area contributed by atoms with Gasteiger partial charge in [0.25, 0.3) is 17.7 Å². The summed E-state index contributed by atoms with van der Waals surface area (Å²) < 4.78 is 0. The molecule has 6 nitrogen and oxygen atoms in total. The molecule has 0 saturated carbocycles. The van der Waals surface area contributed by atoms with Crippen LogP contribution in [0.5, 0.6) is 0 Å². The summed E-state index contributed by atoms with van der Waals surface area (Å²) in [5, 5.41) is 2.19. The molecule has 1 aliphatic heterocycles. The summed E-state index contributed by atoms with van der Waals surface area (Å²) in [6.07, 6.45) is 4.54. The van der Waals surface area contributed by atoms with Crippen LogP contribution >= 0.6 is 23.2 Å². The minimum Gasteiger partial charge on any atom is -0.292 e. The van der Waals surface area contributed by atoms with E-state index >= 15 is 0 Å². The molecular formula is C24H20Cl2N2O4. The maximum atomic E-state index is 13.6. The summed E-state index contributed by atoms with van der Waals surface area (Å²) in [5.74, 6) is -3.22. The molecule has 1 fully saturated rings. The average molecular weight is 471 g/mol. The SMILES string of the molecule is C[C@H](C(=O)c1ccccc1)N(C(=O)c1ccc(Cl)cc1Cl)N1C(=O)[C@@H]2CC=CC[C@H]2C1=O. The largest absolute Gasteiger partial charge is 0.292 e. The number of halogens is 2. The number of hydrogen-bond acceptors (Lipinski definition) is 4. The average Bonchev–Trinajstić information content (AvgIpc) is 3.04. The molecule has 8 heteroatoms. The first-order valence-corrected chi connectivity index (χ1v) is 11.0. The lowest BCUT2D eigenvalue weighted by atomic mass is 9.85. The Bertz CT molecular complexity index is 1110. The summed E-state index contributed by atoms with van der Waals surface area (Å²) in [6, 6.07) is 11.6.